The van der Waals surface area contributed by atoms with E-state index in [0.717, 1.165) is 6.92 Å². The average molecular weight is 587 g/mol. The standard InChI is InChI=1S/C14H25NO17S2.2Na/c1-4(16)15-7-9(18)12(6(30-13(7)21)3-29-34(25,26)27)32-14-11(20)10(19)8(17)5(31-14)2-28-33(22,23)24;;/h5-14,17-21H,2-3H2,1H3,(H,15,16)(H,22,23,24)(H,25,26,27);;/q;2*+1/p-2. The number of hydrogen-bond acceptors (Lipinski definition) is 17. The Balaban J connectivity index is 0.00000612. The molecule has 0 aliphatic carbocycles. The molecule has 0 radical (unpaired) electrons. The first-order valence-electron chi connectivity index (χ1n) is 9.30. The van der Waals surface area contributed by atoms with Crippen LogP contribution in [-0.2, 0) is 43.4 Å². The first-order valence-corrected chi connectivity index (χ1v) is 12.0. The van der Waals surface area contributed by atoms with E-state index in [9.17, 15) is 52.0 Å². The van der Waals surface area contributed by atoms with Crippen LogP contribution < -0.4 is 64.2 Å². The van der Waals surface area contributed by atoms with Crippen molar-refractivity contribution in [3.05, 3.63) is 0 Å². The van der Waals surface area contributed by atoms with Gasteiger partial charge in [0.05, 0.1) is 13.2 Å². The van der Waals surface area contributed by atoms with E-state index in [0.29, 0.717) is 0 Å². The van der Waals surface area contributed by atoms with Crippen molar-refractivity contribution < 1.29 is 138 Å². The van der Waals surface area contributed by atoms with Crippen LogP contribution in [0, 0.1) is 0 Å². The Hall–Kier alpha value is 0.890. The zero-order valence-electron chi connectivity index (χ0n) is 19.1. The van der Waals surface area contributed by atoms with Gasteiger partial charge in [0.1, 0.15) is 48.8 Å². The molecule has 0 saturated carbocycles. The van der Waals surface area contributed by atoms with Crippen molar-refractivity contribution in [2.45, 2.75) is 68.3 Å². The van der Waals surface area contributed by atoms with Crippen molar-refractivity contribution in [1.82, 2.24) is 0 Å². The van der Waals surface area contributed by atoms with Crippen molar-refractivity contribution in [2.24, 2.45) is 4.99 Å². The molecule has 2 heterocycles. The van der Waals surface area contributed by atoms with Crippen LogP contribution in [0.1, 0.15) is 6.92 Å². The second-order valence-corrected chi connectivity index (χ2v) is 9.36. The first-order chi connectivity index (χ1) is 15.5. The summed E-state index contributed by atoms with van der Waals surface area (Å²) in [7, 11) is -10.3. The average Bonchev–Trinajstić information content (AvgIpc) is 2.69. The maximum Gasteiger partial charge on any atom is 1.00 e. The van der Waals surface area contributed by atoms with E-state index >= 15 is 0 Å². The molecule has 2 saturated heterocycles. The van der Waals surface area contributed by atoms with Crippen LogP contribution in [0.25, 0.3) is 0 Å². The van der Waals surface area contributed by atoms with Gasteiger partial charge in [-0.2, -0.15) is 8.42 Å². The van der Waals surface area contributed by atoms with Gasteiger partial charge in [0, 0.05) is 0 Å². The summed E-state index contributed by atoms with van der Waals surface area (Å²) in [4.78, 5) is 3.44. The fourth-order valence-corrected chi connectivity index (χ4v) is 3.80. The minimum absolute atomic E-state index is 0. The van der Waals surface area contributed by atoms with Crippen LogP contribution in [0.5, 0.6) is 0 Å². The quantitative estimate of drug-likeness (QED) is 0.0479. The molecule has 2 rings (SSSR count). The molecular formula is C14H23NNa2O17S2. The fraction of sp³-hybridized carbons (Fsp3) is 0.929. The predicted molar refractivity (Wildman–Crippen MR) is 98.5 cm³/mol. The number of aliphatic hydroxyl groups is 5. The van der Waals surface area contributed by atoms with E-state index in [4.69, 9.17) is 18.8 Å². The zero-order valence-corrected chi connectivity index (χ0v) is 24.8. The van der Waals surface area contributed by atoms with Crippen molar-refractivity contribution in [3.8, 4) is 0 Å². The van der Waals surface area contributed by atoms with Gasteiger partial charge in [-0.3, -0.25) is 13.7 Å². The van der Waals surface area contributed by atoms with E-state index < -0.39 is 101 Å². The van der Waals surface area contributed by atoms with Crippen LogP contribution in [-0.4, -0.2) is 132 Å². The number of rotatable bonds is 9. The second-order valence-electron chi connectivity index (χ2n) is 7.21. The summed E-state index contributed by atoms with van der Waals surface area (Å²) in [6, 6.07) is -1.69. The molecule has 36 heavy (non-hydrogen) atoms. The summed E-state index contributed by atoms with van der Waals surface area (Å²) < 4.78 is 86.2. The van der Waals surface area contributed by atoms with Gasteiger partial charge in [0.25, 0.3) is 0 Å². The maximum absolute atomic E-state index is 11.3. The zero-order chi connectivity index (χ0) is 26.0. The van der Waals surface area contributed by atoms with E-state index in [-0.39, 0.29) is 59.1 Å². The maximum atomic E-state index is 11.3. The second kappa shape index (κ2) is 15.0. The van der Waals surface area contributed by atoms with Gasteiger partial charge in [-0.1, -0.05) is 0 Å². The molecule has 0 aromatic rings. The van der Waals surface area contributed by atoms with Gasteiger partial charge >= 0.3 is 69.5 Å². The Bertz CT molecular complexity index is 932. The molecule has 0 aromatic carbocycles. The molecule has 0 amide bonds. The number of aliphatic hydroxyl groups excluding tert-OH is 5. The van der Waals surface area contributed by atoms with E-state index in [2.05, 4.69) is 13.4 Å². The molecule has 0 aromatic heterocycles. The van der Waals surface area contributed by atoms with Crippen LogP contribution in [0.2, 0.25) is 0 Å². The normalized spacial score (nSPS) is 38.1. The molecule has 2 fully saturated rings. The molecule has 0 bridgehead atoms. The van der Waals surface area contributed by atoms with Crippen LogP contribution >= 0.6 is 0 Å². The van der Waals surface area contributed by atoms with Crippen molar-refractivity contribution in [1.29, 1.82) is 0 Å². The molecule has 0 spiro atoms. The van der Waals surface area contributed by atoms with Gasteiger partial charge in [0.15, 0.2) is 12.6 Å². The largest absolute Gasteiger partial charge is 1.00 e. The SMILES string of the molecule is CC([O-])=NC1C(O)OC(COS(=O)(=O)O)C(OC2OC(COS(=O)(=O)[O-])C(O)C(O)C2O)C1O.[Na+].[Na+]. The van der Waals surface area contributed by atoms with Crippen LogP contribution in [0.4, 0.5) is 0 Å². The fourth-order valence-electron chi connectivity index (χ4n) is 3.20. The number of aliphatic imine (C=N–C) groups is 1. The summed E-state index contributed by atoms with van der Waals surface area (Å²) >= 11 is 0. The third-order valence-electron chi connectivity index (χ3n) is 4.71. The summed E-state index contributed by atoms with van der Waals surface area (Å²) in [5.41, 5.74) is 0. The van der Waals surface area contributed by atoms with Crippen molar-refractivity contribution in [3.63, 3.8) is 0 Å². The summed E-state index contributed by atoms with van der Waals surface area (Å²) in [5, 5.41) is 62.1. The molecule has 18 nitrogen and oxygen atoms in total. The molecule has 2 aliphatic heterocycles. The third kappa shape index (κ3) is 10.8. The molecule has 6 N–H and O–H groups in total. The topological polar surface area (TPSA) is 294 Å². The first kappa shape index (κ1) is 36.9. The van der Waals surface area contributed by atoms with E-state index in [1.165, 1.54) is 0 Å². The molecular weight excluding hydrogens is 564 g/mol. The van der Waals surface area contributed by atoms with Gasteiger partial charge in [-0.25, -0.2) is 12.6 Å². The van der Waals surface area contributed by atoms with Gasteiger partial charge in [-0.05, 0) is 12.8 Å². The summed E-state index contributed by atoms with van der Waals surface area (Å²) in [5.74, 6) is -0.860. The Morgan fingerprint density at radius 1 is 0.889 bits per heavy atom. The van der Waals surface area contributed by atoms with Crippen LogP contribution in [0.15, 0.2) is 4.99 Å². The summed E-state index contributed by atoms with van der Waals surface area (Å²) in [6.07, 6.45) is -17.4. The summed E-state index contributed by atoms with van der Waals surface area (Å²) in [6.45, 7) is -1.21. The van der Waals surface area contributed by atoms with Crippen molar-refractivity contribution >= 4 is 26.7 Å². The van der Waals surface area contributed by atoms with E-state index in [1.807, 2.05) is 0 Å². The van der Waals surface area contributed by atoms with Gasteiger partial charge in [-0.15, -0.1) is 0 Å². The number of ether oxygens (including phenoxy) is 3. The molecule has 2 aliphatic rings. The molecule has 10 unspecified atom stereocenters. The monoisotopic (exact) mass is 587 g/mol. The Morgan fingerprint density at radius 3 is 1.94 bits per heavy atom. The Kier molecular flexibility index (Phi) is 15.4. The minimum atomic E-state index is -5.24. The molecule has 10 atom stereocenters. The molecule has 200 valence electrons. The Morgan fingerprint density at radius 2 is 1.44 bits per heavy atom. The van der Waals surface area contributed by atoms with Crippen molar-refractivity contribution in [2.75, 3.05) is 13.2 Å². The van der Waals surface area contributed by atoms with Gasteiger partial charge < -0.3 is 49.4 Å². The van der Waals surface area contributed by atoms with Crippen LogP contribution in [0.3, 0.4) is 0 Å². The Labute approximate surface area is 249 Å². The van der Waals surface area contributed by atoms with E-state index in [1.54, 1.807) is 0 Å². The smallest absolute Gasteiger partial charge is 0.862 e. The van der Waals surface area contributed by atoms with Gasteiger partial charge in [0.2, 0.25) is 10.4 Å². The predicted octanol–water partition coefficient (Wildman–Crippen LogP) is -12.3. The molecule has 22 heteroatoms. The number of nitrogens with zero attached hydrogens (tertiary/aromatic N) is 1. The number of hydrogen-bond donors (Lipinski definition) is 6. The minimum Gasteiger partial charge on any atom is -0.862 e. The third-order valence-corrected chi connectivity index (χ3v) is 5.57.